The van der Waals surface area contributed by atoms with Crippen molar-refractivity contribution >= 4 is 23.1 Å². The Balaban J connectivity index is 1.66. The van der Waals surface area contributed by atoms with Crippen LogP contribution in [0.3, 0.4) is 0 Å². The molecule has 140 valence electrons. The van der Waals surface area contributed by atoms with Crippen LogP contribution in [0.4, 0.5) is 0 Å². The second-order valence-corrected chi connectivity index (χ2v) is 6.84. The number of H-pyrrole nitrogens is 1. The maximum atomic E-state index is 6.00. The topological polar surface area (TPSA) is 42.8 Å². The zero-order valence-corrected chi connectivity index (χ0v) is 16.4. The third kappa shape index (κ3) is 3.37. The number of fused-ring (bicyclic) bond motifs is 1. The van der Waals surface area contributed by atoms with Crippen LogP contribution in [0.5, 0.6) is 5.75 Å². The van der Waals surface area contributed by atoms with Gasteiger partial charge in [-0.3, -0.25) is 0 Å². The van der Waals surface area contributed by atoms with Crippen molar-refractivity contribution in [2.24, 2.45) is 0 Å². The average Bonchev–Trinajstić information content (AvgIpc) is 3.20. The number of aryl methyl sites for hydroxylation is 2. The molecule has 0 amide bonds. The number of allylic oxidation sites excluding steroid dienone is 1. The van der Waals surface area contributed by atoms with E-state index in [4.69, 9.17) is 4.74 Å². The summed E-state index contributed by atoms with van der Waals surface area (Å²) >= 11 is 0. The monoisotopic (exact) mass is 369 g/mol. The van der Waals surface area contributed by atoms with Crippen LogP contribution in [0.15, 0.2) is 66.9 Å². The fraction of sp³-hybridized carbons (Fsp3) is 0.125. The van der Waals surface area contributed by atoms with Gasteiger partial charge in [0.15, 0.2) is 0 Å². The normalized spacial score (nSPS) is 12.7. The van der Waals surface area contributed by atoms with Gasteiger partial charge in [0.2, 0.25) is 0 Å². The van der Waals surface area contributed by atoms with E-state index < -0.39 is 0 Å². The summed E-state index contributed by atoms with van der Waals surface area (Å²) in [6, 6.07) is 18.2. The van der Waals surface area contributed by atoms with Gasteiger partial charge in [-0.1, -0.05) is 36.9 Å². The minimum absolute atomic E-state index is 0.570. The molecule has 0 saturated carbocycles. The number of hydrogen-bond donors (Lipinski definition) is 1. The number of aromatic nitrogens is 3. The van der Waals surface area contributed by atoms with E-state index in [0.29, 0.717) is 5.76 Å². The van der Waals surface area contributed by atoms with Crippen molar-refractivity contribution in [2.45, 2.75) is 20.8 Å². The third-order valence-electron chi connectivity index (χ3n) is 4.69. The van der Waals surface area contributed by atoms with Crippen LogP contribution >= 0.6 is 0 Å². The number of benzene rings is 2. The Morgan fingerprint density at radius 1 is 1.11 bits per heavy atom. The van der Waals surface area contributed by atoms with Crippen molar-refractivity contribution in [3.8, 4) is 11.4 Å². The average molecular weight is 369 g/mol. The van der Waals surface area contributed by atoms with Crippen molar-refractivity contribution in [3.63, 3.8) is 0 Å². The van der Waals surface area contributed by atoms with Crippen molar-refractivity contribution in [2.75, 3.05) is 0 Å². The molecule has 0 spiro atoms. The van der Waals surface area contributed by atoms with Crippen LogP contribution in [0, 0.1) is 13.8 Å². The molecule has 1 N–H and O–H groups in total. The molecule has 0 fully saturated rings. The highest BCUT2D eigenvalue weighted by Crippen LogP contribution is 2.20. The SMILES string of the molecule is C=C(/C=c1/[nH]c2ccccc2/c1=C/C)Oc1cccc(-n2nc(C)cc2C)c1. The smallest absolute Gasteiger partial charge is 0.129 e. The van der Waals surface area contributed by atoms with E-state index >= 15 is 0 Å². The number of aromatic amines is 1. The lowest BCUT2D eigenvalue weighted by atomic mass is 10.2. The Kier molecular flexibility index (Phi) is 4.62. The van der Waals surface area contributed by atoms with Crippen molar-refractivity contribution in [3.05, 3.63) is 88.9 Å². The molecular weight excluding hydrogens is 346 g/mol. The van der Waals surface area contributed by atoms with E-state index in [1.165, 1.54) is 5.39 Å². The maximum absolute atomic E-state index is 6.00. The summed E-state index contributed by atoms with van der Waals surface area (Å²) in [5.74, 6) is 1.30. The summed E-state index contributed by atoms with van der Waals surface area (Å²) in [5.41, 5.74) is 4.13. The molecule has 4 heteroatoms. The number of ether oxygens (including phenoxy) is 1. The fourth-order valence-electron chi connectivity index (χ4n) is 3.52. The van der Waals surface area contributed by atoms with Gasteiger partial charge in [0.05, 0.1) is 11.4 Å². The Hall–Kier alpha value is -3.53. The molecule has 4 rings (SSSR count). The van der Waals surface area contributed by atoms with Crippen molar-refractivity contribution < 1.29 is 4.74 Å². The molecule has 4 nitrogen and oxygen atoms in total. The first-order valence-corrected chi connectivity index (χ1v) is 9.30. The van der Waals surface area contributed by atoms with E-state index in [1.54, 1.807) is 0 Å². The van der Waals surface area contributed by atoms with E-state index in [1.807, 2.05) is 67.9 Å². The summed E-state index contributed by atoms with van der Waals surface area (Å²) in [6.45, 7) is 10.1. The standard InChI is InChI=1S/C24H23N3O/c1-5-21-22-11-6-7-12-23(22)25-24(21)14-18(4)28-20-10-8-9-19(15-20)27-17(3)13-16(2)26-27/h5-15,25H,4H2,1-3H3/b21-5-,24-14+. The Morgan fingerprint density at radius 2 is 1.93 bits per heavy atom. The number of rotatable bonds is 4. The van der Waals surface area contributed by atoms with E-state index in [2.05, 4.69) is 40.9 Å². The molecule has 2 heterocycles. The highest BCUT2D eigenvalue weighted by atomic mass is 16.5. The number of hydrogen-bond acceptors (Lipinski definition) is 2. The minimum atomic E-state index is 0.570. The number of nitrogens with one attached hydrogen (secondary N) is 1. The largest absolute Gasteiger partial charge is 0.458 e. The van der Waals surface area contributed by atoms with Gasteiger partial charge in [0, 0.05) is 39.3 Å². The van der Waals surface area contributed by atoms with Gasteiger partial charge >= 0.3 is 0 Å². The molecule has 0 radical (unpaired) electrons. The van der Waals surface area contributed by atoms with E-state index in [9.17, 15) is 0 Å². The predicted molar refractivity (Wildman–Crippen MR) is 115 cm³/mol. The molecule has 4 aromatic rings. The van der Waals surface area contributed by atoms with Crippen LogP contribution in [0.25, 0.3) is 28.7 Å². The van der Waals surface area contributed by atoms with Gasteiger partial charge in [-0.05, 0) is 45.0 Å². The first kappa shape index (κ1) is 17.9. The molecule has 0 atom stereocenters. The summed E-state index contributed by atoms with van der Waals surface area (Å²) in [6.07, 6.45) is 4.03. The van der Waals surface area contributed by atoms with Crippen LogP contribution in [0.2, 0.25) is 0 Å². The molecule has 28 heavy (non-hydrogen) atoms. The second kappa shape index (κ2) is 7.24. The van der Waals surface area contributed by atoms with Crippen LogP contribution in [-0.2, 0) is 0 Å². The highest BCUT2D eigenvalue weighted by molar-refractivity contribution is 5.81. The van der Waals surface area contributed by atoms with Crippen LogP contribution < -0.4 is 15.3 Å². The van der Waals surface area contributed by atoms with Gasteiger partial charge in [0.1, 0.15) is 11.5 Å². The maximum Gasteiger partial charge on any atom is 0.129 e. The molecular formula is C24H23N3O. The molecule has 2 aromatic heterocycles. The predicted octanol–water partition coefficient (Wildman–Crippen LogP) is 4.14. The number of para-hydroxylation sites is 1. The lowest BCUT2D eigenvalue weighted by molar-refractivity contribution is 0.454. The van der Waals surface area contributed by atoms with Gasteiger partial charge in [-0.2, -0.15) is 5.10 Å². The van der Waals surface area contributed by atoms with E-state index in [-0.39, 0.29) is 0 Å². The first-order valence-electron chi connectivity index (χ1n) is 9.30. The van der Waals surface area contributed by atoms with Crippen molar-refractivity contribution in [1.29, 1.82) is 0 Å². The van der Waals surface area contributed by atoms with Gasteiger partial charge < -0.3 is 9.72 Å². The molecule has 0 unspecified atom stereocenters. The summed E-state index contributed by atoms with van der Waals surface area (Å²) < 4.78 is 7.91. The summed E-state index contributed by atoms with van der Waals surface area (Å²) in [5, 5.41) is 7.87. The molecule has 0 aliphatic carbocycles. The molecule has 2 aromatic carbocycles. The first-order chi connectivity index (χ1) is 13.5. The van der Waals surface area contributed by atoms with Gasteiger partial charge in [-0.15, -0.1) is 0 Å². The minimum Gasteiger partial charge on any atom is -0.458 e. The Morgan fingerprint density at radius 3 is 2.68 bits per heavy atom. The highest BCUT2D eigenvalue weighted by Gasteiger charge is 2.06. The molecule has 0 aliphatic heterocycles. The van der Waals surface area contributed by atoms with Gasteiger partial charge in [0.25, 0.3) is 0 Å². The quantitative estimate of drug-likeness (QED) is 0.549. The fourth-order valence-corrected chi connectivity index (χ4v) is 3.52. The third-order valence-corrected chi connectivity index (χ3v) is 4.69. The molecule has 0 aliphatic rings. The summed E-state index contributed by atoms with van der Waals surface area (Å²) in [7, 11) is 0. The van der Waals surface area contributed by atoms with Crippen LogP contribution in [0.1, 0.15) is 18.3 Å². The van der Waals surface area contributed by atoms with E-state index in [0.717, 1.165) is 38.9 Å². The Bertz CT molecular complexity index is 1290. The van der Waals surface area contributed by atoms with Crippen LogP contribution in [-0.4, -0.2) is 14.8 Å². The molecule has 0 saturated heterocycles. The second-order valence-electron chi connectivity index (χ2n) is 6.84. The lowest BCUT2D eigenvalue weighted by Crippen LogP contribution is -2.22. The molecule has 0 bridgehead atoms. The Labute approximate surface area is 164 Å². The zero-order valence-electron chi connectivity index (χ0n) is 16.4. The summed E-state index contributed by atoms with van der Waals surface area (Å²) in [4.78, 5) is 3.44. The van der Waals surface area contributed by atoms with Crippen molar-refractivity contribution in [1.82, 2.24) is 14.8 Å². The van der Waals surface area contributed by atoms with Gasteiger partial charge in [-0.25, -0.2) is 4.68 Å². The number of nitrogens with zero attached hydrogens (tertiary/aromatic N) is 2. The lowest BCUT2D eigenvalue weighted by Gasteiger charge is -2.08. The zero-order chi connectivity index (χ0) is 19.7.